The molecular formula is C11H13BClNO4. The van der Waals surface area contributed by atoms with E-state index in [9.17, 15) is 14.8 Å². The monoisotopic (exact) mass is 269 g/mol. The van der Waals surface area contributed by atoms with E-state index >= 15 is 0 Å². The van der Waals surface area contributed by atoms with Crippen molar-refractivity contribution < 1.29 is 19.6 Å². The first-order valence-electron chi connectivity index (χ1n) is 5.62. The molecule has 1 aliphatic heterocycles. The second-order valence-electron chi connectivity index (χ2n) is 4.01. The van der Waals surface area contributed by atoms with Crippen LogP contribution in [0.5, 0.6) is 0 Å². The molecule has 96 valence electrons. The van der Waals surface area contributed by atoms with E-state index in [2.05, 4.69) is 0 Å². The summed E-state index contributed by atoms with van der Waals surface area (Å²) in [5, 5.41) is 18.9. The highest BCUT2D eigenvalue weighted by atomic mass is 35.5. The Morgan fingerprint density at radius 1 is 1.33 bits per heavy atom. The van der Waals surface area contributed by atoms with Gasteiger partial charge in [0.25, 0.3) is 5.91 Å². The van der Waals surface area contributed by atoms with Crippen molar-refractivity contribution in [1.82, 2.24) is 4.90 Å². The smallest absolute Gasteiger partial charge is 0.423 e. The molecule has 2 N–H and O–H groups in total. The number of halogens is 1. The second-order valence-corrected chi connectivity index (χ2v) is 4.45. The fourth-order valence-corrected chi connectivity index (χ4v) is 2.06. The van der Waals surface area contributed by atoms with Gasteiger partial charge in [0, 0.05) is 23.7 Å². The van der Waals surface area contributed by atoms with Crippen LogP contribution >= 0.6 is 11.6 Å². The first-order valence-corrected chi connectivity index (χ1v) is 6.00. The number of benzene rings is 1. The maximum absolute atomic E-state index is 12.2. The minimum Gasteiger partial charge on any atom is -0.423 e. The standard InChI is InChI=1S/C11H13BClNO4/c13-8-1-2-9(10(7-8)12(16)17)11(15)14-3-5-18-6-4-14/h1-2,7,16-17H,3-6H2. The number of hydrogen-bond donors (Lipinski definition) is 2. The van der Waals surface area contributed by atoms with Crippen molar-refractivity contribution in [3.63, 3.8) is 0 Å². The number of carbonyl (C=O) groups excluding carboxylic acids is 1. The number of carbonyl (C=O) groups is 1. The molecule has 0 bridgehead atoms. The molecule has 1 amide bonds. The van der Waals surface area contributed by atoms with E-state index in [4.69, 9.17) is 16.3 Å². The van der Waals surface area contributed by atoms with Crippen LogP contribution in [0.3, 0.4) is 0 Å². The lowest BCUT2D eigenvalue weighted by Gasteiger charge is -2.27. The fourth-order valence-electron chi connectivity index (χ4n) is 1.88. The minimum absolute atomic E-state index is 0.124. The number of rotatable bonds is 2. The maximum Gasteiger partial charge on any atom is 0.489 e. The van der Waals surface area contributed by atoms with E-state index in [0.717, 1.165) is 0 Å². The van der Waals surface area contributed by atoms with Gasteiger partial charge in [0.15, 0.2) is 0 Å². The molecule has 0 radical (unpaired) electrons. The largest absolute Gasteiger partial charge is 0.489 e. The summed E-state index contributed by atoms with van der Waals surface area (Å²) in [6.07, 6.45) is 0. The van der Waals surface area contributed by atoms with Crippen LogP contribution in [0, 0.1) is 0 Å². The van der Waals surface area contributed by atoms with Gasteiger partial charge >= 0.3 is 7.12 Å². The number of hydrogen-bond acceptors (Lipinski definition) is 4. The zero-order valence-electron chi connectivity index (χ0n) is 9.67. The normalized spacial score (nSPS) is 15.6. The number of nitrogens with zero attached hydrogens (tertiary/aromatic N) is 1. The molecule has 1 fully saturated rings. The average molecular weight is 269 g/mol. The predicted octanol–water partition coefficient (Wildman–Crippen LogP) is -0.508. The average Bonchev–Trinajstić information content (AvgIpc) is 2.39. The van der Waals surface area contributed by atoms with E-state index in [0.29, 0.717) is 31.3 Å². The highest BCUT2D eigenvalue weighted by Crippen LogP contribution is 2.11. The van der Waals surface area contributed by atoms with Crippen molar-refractivity contribution in [3.8, 4) is 0 Å². The third kappa shape index (κ3) is 2.84. The van der Waals surface area contributed by atoms with Gasteiger partial charge in [0.05, 0.1) is 13.2 Å². The van der Waals surface area contributed by atoms with Gasteiger partial charge in [-0.2, -0.15) is 0 Å². The molecule has 0 aromatic heterocycles. The fraction of sp³-hybridized carbons (Fsp3) is 0.364. The lowest BCUT2D eigenvalue weighted by Crippen LogP contribution is -2.44. The second kappa shape index (κ2) is 5.71. The Kier molecular flexibility index (Phi) is 4.24. The number of amides is 1. The third-order valence-corrected chi connectivity index (χ3v) is 3.06. The number of morpholine rings is 1. The zero-order chi connectivity index (χ0) is 13.1. The van der Waals surface area contributed by atoms with Gasteiger partial charge in [0.1, 0.15) is 0 Å². The van der Waals surface area contributed by atoms with Crippen molar-refractivity contribution in [2.75, 3.05) is 26.3 Å². The summed E-state index contributed by atoms with van der Waals surface area (Å²) in [5.41, 5.74) is 0.385. The molecule has 0 atom stereocenters. The Bertz CT molecular complexity index is 449. The first kappa shape index (κ1) is 13.4. The molecule has 1 aliphatic rings. The number of ether oxygens (including phenoxy) is 1. The first-order chi connectivity index (χ1) is 8.59. The van der Waals surface area contributed by atoms with Gasteiger partial charge in [-0.05, 0) is 23.7 Å². The lowest BCUT2D eigenvalue weighted by molar-refractivity contribution is 0.0303. The van der Waals surface area contributed by atoms with Crippen LogP contribution in [0.4, 0.5) is 0 Å². The third-order valence-electron chi connectivity index (χ3n) is 2.82. The lowest BCUT2D eigenvalue weighted by atomic mass is 9.76. The van der Waals surface area contributed by atoms with Gasteiger partial charge in [-0.3, -0.25) is 4.79 Å². The van der Waals surface area contributed by atoms with Crippen molar-refractivity contribution in [1.29, 1.82) is 0 Å². The summed E-state index contributed by atoms with van der Waals surface area (Å²) < 4.78 is 5.17. The Labute approximate surface area is 110 Å². The summed E-state index contributed by atoms with van der Waals surface area (Å²) in [4.78, 5) is 13.9. The Morgan fingerprint density at radius 3 is 2.61 bits per heavy atom. The van der Waals surface area contributed by atoms with Gasteiger partial charge in [-0.25, -0.2) is 0 Å². The van der Waals surface area contributed by atoms with Crippen LogP contribution in [0.15, 0.2) is 18.2 Å². The predicted molar refractivity (Wildman–Crippen MR) is 68.0 cm³/mol. The molecule has 0 saturated carbocycles. The van der Waals surface area contributed by atoms with Gasteiger partial charge in [-0.15, -0.1) is 0 Å². The quantitative estimate of drug-likeness (QED) is 0.710. The zero-order valence-corrected chi connectivity index (χ0v) is 10.4. The highest BCUT2D eigenvalue weighted by Gasteiger charge is 2.25. The molecule has 2 rings (SSSR count). The van der Waals surface area contributed by atoms with E-state index in [1.807, 2.05) is 0 Å². The summed E-state index contributed by atoms with van der Waals surface area (Å²) >= 11 is 5.78. The topological polar surface area (TPSA) is 70.0 Å². The van der Waals surface area contributed by atoms with Crippen molar-refractivity contribution >= 4 is 30.1 Å². The molecule has 0 unspecified atom stereocenters. The summed E-state index contributed by atoms with van der Waals surface area (Å²) in [6, 6.07) is 4.45. The van der Waals surface area contributed by atoms with Gasteiger partial charge < -0.3 is 19.7 Å². The Balaban J connectivity index is 2.28. The van der Waals surface area contributed by atoms with E-state index < -0.39 is 7.12 Å². The molecule has 1 saturated heterocycles. The van der Waals surface area contributed by atoms with Crippen LogP contribution < -0.4 is 5.46 Å². The molecule has 5 nitrogen and oxygen atoms in total. The molecule has 7 heteroatoms. The van der Waals surface area contributed by atoms with E-state index in [-0.39, 0.29) is 16.9 Å². The maximum atomic E-state index is 12.2. The van der Waals surface area contributed by atoms with Gasteiger partial charge in [0.2, 0.25) is 0 Å². The van der Waals surface area contributed by atoms with Crippen molar-refractivity contribution in [2.24, 2.45) is 0 Å². The molecule has 0 spiro atoms. The van der Waals surface area contributed by atoms with Gasteiger partial charge in [-0.1, -0.05) is 11.6 Å². The van der Waals surface area contributed by atoms with Crippen LogP contribution in [-0.2, 0) is 4.74 Å². The highest BCUT2D eigenvalue weighted by molar-refractivity contribution is 6.60. The van der Waals surface area contributed by atoms with Crippen molar-refractivity contribution in [2.45, 2.75) is 0 Å². The molecule has 18 heavy (non-hydrogen) atoms. The molecule has 1 aromatic rings. The van der Waals surface area contributed by atoms with Crippen LogP contribution in [0.25, 0.3) is 0 Å². The van der Waals surface area contributed by atoms with Crippen LogP contribution in [-0.4, -0.2) is 54.3 Å². The minimum atomic E-state index is -1.72. The molecule has 0 aliphatic carbocycles. The summed E-state index contributed by atoms with van der Waals surface area (Å²) in [5.74, 6) is -0.238. The molecule has 1 heterocycles. The van der Waals surface area contributed by atoms with E-state index in [1.165, 1.54) is 12.1 Å². The van der Waals surface area contributed by atoms with E-state index in [1.54, 1.807) is 11.0 Å². The molecular weight excluding hydrogens is 256 g/mol. The summed E-state index contributed by atoms with van der Waals surface area (Å²) in [7, 11) is -1.72. The summed E-state index contributed by atoms with van der Waals surface area (Å²) in [6.45, 7) is 2.00. The Hall–Kier alpha value is -1.08. The van der Waals surface area contributed by atoms with Crippen LogP contribution in [0.1, 0.15) is 10.4 Å². The Morgan fingerprint density at radius 2 is 2.00 bits per heavy atom. The van der Waals surface area contributed by atoms with Crippen LogP contribution in [0.2, 0.25) is 5.02 Å². The SMILES string of the molecule is O=C(c1ccc(Cl)cc1B(O)O)N1CCOCC1. The van der Waals surface area contributed by atoms with Crippen molar-refractivity contribution in [3.05, 3.63) is 28.8 Å². The molecule has 1 aromatic carbocycles.